The van der Waals surface area contributed by atoms with Crippen molar-refractivity contribution in [3.63, 3.8) is 0 Å². The molecule has 0 spiro atoms. The number of amides is 2. The molecule has 0 bridgehead atoms. The molecule has 1 saturated carbocycles. The second kappa shape index (κ2) is 11.0. The van der Waals surface area contributed by atoms with Crippen LogP contribution >= 0.6 is 11.3 Å². The molecule has 2 aromatic heterocycles. The fourth-order valence-corrected chi connectivity index (χ4v) is 5.95. The van der Waals surface area contributed by atoms with Crippen molar-refractivity contribution in [3.05, 3.63) is 65.2 Å². The van der Waals surface area contributed by atoms with E-state index in [2.05, 4.69) is 4.98 Å². The van der Waals surface area contributed by atoms with E-state index in [-0.39, 0.29) is 30.4 Å². The Morgan fingerprint density at radius 1 is 0.971 bits per heavy atom. The van der Waals surface area contributed by atoms with Gasteiger partial charge in [-0.1, -0.05) is 31.0 Å². The van der Waals surface area contributed by atoms with Gasteiger partial charge in [-0.2, -0.15) is 0 Å². The summed E-state index contributed by atoms with van der Waals surface area (Å²) in [7, 11) is 0. The van der Waals surface area contributed by atoms with E-state index in [1.165, 1.54) is 0 Å². The molecule has 1 saturated heterocycles. The highest BCUT2D eigenvalue weighted by molar-refractivity contribution is 7.10. The number of aromatic nitrogens is 2. The topological polar surface area (TPSA) is 75.6 Å². The number of thiazole rings is 1. The number of benzene rings is 1. The summed E-state index contributed by atoms with van der Waals surface area (Å²) in [6.07, 6.45) is 8.39. The first kappa shape index (κ1) is 23.5. The molecular weight excluding hydrogens is 460 g/mol. The van der Waals surface area contributed by atoms with Crippen LogP contribution in [0.4, 0.5) is 0 Å². The Morgan fingerprint density at radius 3 is 2.51 bits per heavy atom. The summed E-state index contributed by atoms with van der Waals surface area (Å²) < 4.78 is 5.78. The van der Waals surface area contributed by atoms with E-state index in [9.17, 15) is 9.59 Å². The van der Waals surface area contributed by atoms with Gasteiger partial charge >= 0.3 is 0 Å². The van der Waals surface area contributed by atoms with Crippen LogP contribution < -0.4 is 4.74 Å². The SMILES string of the molecule is O=C(C1CCCC1)N1CCC(c2nc(-c3ccncc3)cs2)N(C(=O)COc2ccccc2)CC1. The smallest absolute Gasteiger partial charge is 0.261 e. The maximum atomic E-state index is 13.4. The molecule has 2 amide bonds. The molecule has 8 heteroatoms. The predicted octanol–water partition coefficient (Wildman–Crippen LogP) is 4.58. The Kier molecular flexibility index (Phi) is 7.37. The summed E-state index contributed by atoms with van der Waals surface area (Å²) in [6.45, 7) is 1.61. The fourth-order valence-electron chi connectivity index (χ4n) is 4.98. The average molecular weight is 491 g/mol. The van der Waals surface area contributed by atoms with Crippen LogP contribution in [-0.4, -0.2) is 57.8 Å². The molecule has 5 rings (SSSR count). The quantitative estimate of drug-likeness (QED) is 0.506. The van der Waals surface area contributed by atoms with E-state index in [1.807, 2.05) is 57.6 Å². The minimum atomic E-state index is -0.191. The van der Waals surface area contributed by atoms with E-state index in [1.54, 1.807) is 23.7 Å². The Morgan fingerprint density at radius 2 is 1.74 bits per heavy atom. The second-order valence-corrected chi connectivity index (χ2v) is 10.00. The number of carbonyl (C=O) groups excluding carboxylic acids is 2. The van der Waals surface area contributed by atoms with Crippen LogP contribution in [0, 0.1) is 5.92 Å². The van der Waals surface area contributed by atoms with Crippen molar-refractivity contribution < 1.29 is 14.3 Å². The molecule has 2 fully saturated rings. The number of pyridine rings is 1. The lowest BCUT2D eigenvalue weighted by Crippen LogP contribution is -2.41. The first-order chi connectivity index (χ1) is 17.2. The third-order valence-corrected chi connectivity index (χ3v) is 7.83. The summed E-state index contributed by atoms with van der Waals surface area (Å²) in [5.74, 6) is 0.956. The van der Waals surface area contributed by atoms with E-state index in [0.29, 0.717) is 31.8 Å². The van der Waals surface area contributed by atoms with Crippen molar-refractivity contribution in [1.29, 1.82) is 0 Å². The largest absolute Gasteiger partial charge is 0.484 e. The highest BCUT2D eigenvalue weighted by atomic mass is 32.1. The van der Waals surface area contributed by atoms with Gasteiger partial charge in [0.15, 0.2) is 6.61 Å². The fraction of sp³-hybridized carbons (Fsp3) is 0.407. The molecule has 7 nitrogen and oxygen atoms in total. The third-order valence-electron chi connectivity index (χ3n) is 6.88. The van der Waals surface area contributed by atoms with E-state index < -0.39 is 0 Å². The Hall–Kier alpha value is -3.26. The van der Waals surface area contributed by atoms with Crippen molar-refractivity contribution in [2.75, 3.05) is 26.2 Å². The molecule has 35 heavy (non-hydrogen) atoms. The highest BCUT2D eigenvalue weighted by Gasteiger charge is 2.35. The monoisotopic (exact) mass is 490 g/mol. The van der Waals surface area contributed by atoms with Crippen molar-refractivity contribution in [2.45, 2.75) is 38.1 Å². The molecule has 1 atom stereocenters. The zero-order valence-corrected chi connectivity index (χ0v) is 20.5. The minimum absolute atomic E-state index is 0.0420. The number of ether oxygens (including phenoxy) is 1. The van der Waals surface area contributed by atoms with Gasteiger partial charge in [-0.05, 0) is 43.5 Å². The maximum absolute atomic E-state index is 13.4. The molecule has 1 unspecified atom stereocenters. The summed E-state index contributed by atoms with van der Waals surface area (Å²) in [5, 5.41) is 2.92. The van der Waals surface area contributed by atoms with Gasteiger partial charge in [0.1, 0.15) is 10.8 Å². The van der Waals surface area contributed by atoms with Crippen molar-refractivity contribution in [1.82, 2.24) is 19.8 Å². The van der Waals surface area contributed by atoms with Crippen LogP contribution in [0.3, 0.4) is 0 Å². The zero-order chi connectivity index (χ0) is 24.0. The van der Waals surface area contributed by atoms with Crippen LogP contribution in [0.15, 0.2) is 60.2 Å². The molecule has 3 heterocycles. The molecule has 0 N–H and O–H groups in total. The van der Waals surface area contributed by atoms with Crippen LogP contribution in [-0.2, 0) is 9.59 Å². The lowest BCUT2D eigenvalue weighted by Gasteiger charge is -2.28. The Labute approximate surface area is 209 Å². The average Bonchev–Trinajstić information content (AvgIpc) is 3.57. The molecule has 1 aromatic carbocycles. The van der Waals surface area contributed by atoms with Crippen LogP contribution in [0.5, 0.6) is 5.75 Å². The van der Waals surface area contributed by atoms with E-state index in [4.69, 9.17) is 9.72 Å². The maximum Gasteiger partial charge on any atom is 0.261 e. The van der Waals surface area contributed by atoms with Crippen LogP contribution in [0.25, 0.3) is 11.3 Å². The van der Waals surface area contributed by atoms with Crippen LogP contribution in [0.1, 0.15) is 43.2 Å². The first-order valence-electron chi connectivity index (χ1n) is 12.3. The number of nitrogens with zero attached hydrogens (tertiary/aromatic N) is 4. The van der Waals surface area contributed by atoms with E-state index in [0.717, 1.165) is 41.9 Å². The first-order valence-corrected chi connectivity index (χ1v) is 13.2. The molecule has 0 radical (unpaired) electrons. The number of carbonyl (C=O) groups is 2. The highest BCUT2D eigenvalue weighted by Crippen LogP contribution is 2.34. The molecular formula is C27H30N4O3S. The van der Waals surface area contributed by atoms with Gasteiger partial charge < -0.3 is 14.5 Å². The van der Waals surface area contributed by atoms with Crippen LogP contribution in [0.2, 0.25) is 0 Å². The van der Waals surface area contributed by atoms with E-state index >= 15 is 0 Å². The molecule has 2 aliphatic rings. The van der Waals surface area contributed by atoms with Gasteiger partial charge in [-0.3, -0.25) is 14.6 Å². The van der Waals surface area contributed by atoms with Gasteiger partial charge in [-0.25, -0.2) is 4.98 Å². The summed E-state index contributed by atoms with van der Waals surface area (Å²) in [4.78, 5) is 39.3. The number of hydrogen-bond acceptors (Lipinski definition) is 6. The second-order valence-electron chi connectivity index (χ2n) is 9.11. The Balaban J connectivity index is 1.35. The number of para-hydroxylation sites is 1. The van der Waals surface area contributed by atoms with Crippen molar-refractivity contribution >= 4 is 23.2 Å². The van der Waals surface area contributed by atoms with Crippen molar-refractivity contribution in [3.8, 4) is 17.0 Å². The standard InChI is InChI=1S/C27H30N4O3S/c32-25(18-34-22-8-2-1-3-9-22)31-17-16-30(27(33)21-6-4-5-7-21)15-12-24(31)26-29-23(19-35-26)20-10-13-28-14-11-20/h1-3,8-11,13-14,19,21,24H,4-7,12,15-18H2. The summed E-state index contributed by atoms with van der Waals surface area (Å²) >= 11 is 1.56. The summed E-state index contributed by atoms with van der Waals surface area (Å²) in [5.41, 5.74) is 1.88. The Bertz CT molecular complexity index is 1130. The number of rotatable bonds is 6. The van der Waals surface area contributed by atoms with Gasteiger partial charge in [-0.15, -0.1) is 11.3 Å². The summed E-state index contributed by atoms with van der Waals surface area (Å²) in [6, 6.07) is 13.1. The normalized spacial score (nSPS) is 18.9. The van der Waals surface area contributed by atoms with Gasteiger partial charge in [0.25, 0.3) is 5.91 Å². The minimum Gasteiger partial charge on any atom is -0.484 e. The van der Waals surface area contributed by atoms with Gasteiger partial charge in [0.2, 0.25) is 5.91 Å². The lowest BCUT2D eigenvalue weighted by molar-refractivity contribution is -0.137. The third kappa shape index (κ3) is 5.53. The predicted molar refractivity (Wildman–Crippen MR) is 135 cm³/mol. The molecule has 1 aliphatic heterocycles. The van der Waals surface area contributed by atoms with Crippen molar-refractivity contribution in [2.24, 2.45) is 5.92 Å². The van der Waals surface area contributed by atoms with Gasteiger partial charge in [0.05, 0.1) is 11.7 Å². The zero-order valence-electron chi connectivity index (χ0n) is 19.7. The molecule has 3 aromatic rings. The molecule has 1 aliphatic carbocycles. The van der Waals surface area contributed by atoms with Gasteiger partial charge in [0, 0.05) is 48.9 Å². The molecule has 182 valence electrons. The number of hydrogen-bond donors (Lipinski definition) is 0. The lowest BCUT2D eigenvalue weighted by atomic mass is 10.1.